The van der Waals surface area contributed by atoms with Gasteiger partial charge in [0.1, 0.15) is 6.04 Å². The van der Waals surface area contributed by atoms with Crippen molar-refractivity contribution in [3.63, 3.8) is 0 Å². The fourth-order valence-electron chi connectivity index (χ4n) is 1.28. The molecule has 1 N–H and O–H groups in total. The Morgan fingerprint density at radius 2 is 2.43 bits per heavy atom. The van der Waals surface area contributed by atoms with Crippen LogP contribution in [0.15, 0.2) is 10.6 Å². The van der Waals surface area contributed by atoms with Crippen LogP contribution in [0, 0.1) is 0 Å². The van der Waals surface area contributed by atoms with E-state index in [0.29, 0.717) is 24.7 Å². The summed E-state index contributed by atoms with van der Waals surface area (Å²) in [7, 11) is 0. The summed E-state index contributed by atoms with van der Waals surface area (Å²) in [5, 5.41) is 9.31. The molecule has 1 fully saturated rings. The molecule has 1 heterocycles. The summed E-state index contributed by atoms with van der Waals surface area (Å²) in [4.78, 5) is 12.5. The Labute approximate surface area is 92.0 Å². The first kappa shape index (κ1) is 11.8. The summed E-state index contributed by atoms with van der Waals surface area (Å²) in [5.74, 6) is -0.899. The molecular formula is C8H11Cl2NO3. The summed E-state index contributed by atoms with van der Waals surface area (Å²) in [6, 6.07) is -0.630. The van der Waals surface area contributed by atoms with Crippen LogP contribution in [0.3, 0.4) is 0 Å². The second kappa shape index (κ2) is 5.56. The zero-order chi connectivity index (χ0) is 10.6. The van der Waals surface area contributed by atoms with Crippen LogP contribution in [0.4, 0.5) is 0 Å². The summed E-state index contributed by atoms with van der Waals surface area (Å²) in [5.41, 5.74) is 1.25. The molecule has 0 aliphatic carbocycles. The van der Waals surface area contributed by atoms with Crippen molar-refractivity contribution < 1.29 is 14.6 Å². The van der Waals surface area contributed by atoms with E-state index in [2.05, 4.69) is 0 Å². The number of carboxylic acid groups (broad SMARTS) is 1. The van der Waals surface area contributed by atoms with Crippen LogP contribution in [0.2, 0.25) is 0 Å². The van der Waals surface area contributed by atoms with E-state index >= 15 is 0 Å². The van der Waals surface area contributed by atoms with Crippen molar-refractivity contribution in [1.82, 2.24) is 4.90 Å². The highest BCUT2D eigenvalue weighted by Gasteiger charge is 2.29. The number of carbonyl (C=O) groups is 1. The van der Waals surface area contributed by atoms with Crippen molar-refractivity contribution in [2.75, 3.05) is 26.3 Å². The number of nitrogens with zero attached hydrogens (tertiary/aromatic N) is 1. The molecular weight excluding hydrogens is 229 g/mol. The quantitative estimate of drug-likeness (QED) is 0.802. The van der Waals surface area contributed by atoms with Crippen LogP contribution in [0.5, 0.6) is 0 Å². The molecule has 1 aliphatic rings. The Hall–Kier alpha value is -0.290. The molecule has 0 spiro atoms. The predicted molar refractivity (Wildman–Crippen MR) is 53.6 cm³/mol. The van der Waals surface area contributed by atoms with E-state index in [1.807, 2.05) is 0 Å². The number of rotatable bonds is 3. The number of carboxylic acids is 1. The van der Waals surface area contributed by atoms with Crippen molar-refractivity contribution in [2.24, 2.45) is 0 Å². The summed E-state index contributed by atoms with van der Waals surface area (Å²) >= 11 is 11.1. The van der Waals surface area contributed by atoms with Gasteiger partial charge in [0.15, 0.2) is 0 Å². The Kier molecular flexibility index (Phi) is 4.68. The fraction of sp³-hybridized carbons (Fsp3) is 0.625. The molecule has 14 heavy (non-hydrogen) atoms. The maximum Gasteiger partial charge on any atom is 0.323 e. The monoisotopic (exact) mass is 239 g/mol. The lowest BCUT2D eigenvalue weighted by molar-refractivity contribution is -0.149. The molecule has 1 rings (SSSR count). The number of ether oxygens (including phenoxy) is 1. The summed E-state index contributed by atoms with van der Waals surface area (Å²) in [6.45, 7) is 1.63. The lowest BCUT2D eigenvalue weighted by Crippen LogP contribution is -2.50. The summed E-state index contributed by atoms with van der Waals surface area (Å²) < 4.78 is 5.07. The van der Waals surface area contributed by atoms with Gasteiger partial charge in [-0.25, -0.2) is 0 Å². The smallest absolute Gasteiger partial charge is 0.323 e. The van der Waals surface area contributed by atoms with E-state index in [4.69, 9.17) is 33.0 Å². The molecule has 0 aromatic carbocycles. The van der Waals surface area contributed by atoms with Gasteiger partial charge < -0.3 is 9.84 Å². The van der Waals surface area contributed by atoms with Crippen molar-refractivity contribution in [3.8, 4) is 0 Å². The maximum absolute atomic E-state index is 10.8. The average molecular weight is 240 g/mol. The van der Waals surface area contributed by atoms with Crippen LogP contribution in [-0.2, 0) is 9.53 Å². The molecule has 6 heteroatoms. The minimum Gasteiger partial charge on any atom is -0.480 e. The van der Waals surface area contributed by atoms with Crippen molar-refractivity contribution in [3.05, 3.63) is 10.6 Å². The van der Waals surface area contributed by atoms with Crippen LogP contribution in [-0.4, -0.2) is 48.3 Å². The molecule has 4 nitrogen and oxygen atoms in total. The third-order valence-electron chi connectivity index (χ3n) is 2.00. The second-order valence-electron chi connectivity index (χ2n) is 2.96. The fourth-order valence-corrected chi connectivity index (χ4v) is 1.51. The van der Waals surface area contributed by atoms with Gasteiger partial charge in [-0.15, -0.1) is 0 Å². The highest BCUT2D eigenvalue weighted by molar-refractivity contribution is 6.36. The van der Waals surface area contributed by atoms with Gasteiger partial charge >= 0.3 is 5.97 Å². The minimum atomic E-state index is -0.899. The number of aliphatic carboxylic acids is 1. The molecule has 1 unspecified atom stereocenters. The molecule has 0 aromatic rings. The number of halogens is 2. The van der Waals surface area contributed by atoms with Crippen molar-refractivity contribution >= 4 is 29.2 Å². The third-order valence-corrected chi connectivity index (χ3v) is 2.60. The lowest BCUT2D eigenvalue weighted by atomic mass is 10.2. The van der Waals surface area contributed by atoms with Gasteiger partial charge in [-0.2, -0.15) is 0 Å². The first-order valence-corrected chi connectivity index (χ1v) is 4.96. The van der Waals surface area contributed by atoms with Gasteiger partial charge in [-0.3, -0.25) is 9.69 Å². The Balaban J connectivity index is 2.58. The van der Waals surface area contributed by atoms with E-state index in [9.17, 15) is 4.79 Å². The first-order chi connectivity index (χ1) is 6.65. The molecule has 80 valence electrons. The standard InChI is InChI=1S/C8H11Cl2NO3/c9-3-6(10)4-11-1-2-14-5-7(11)8(12)13/h3,7H,1-2,4-5H2,(H,12,13). The molecule has 1 aliphatic heterocycles. The van der Waals surface area contributed by atoms with Gasteiger partial charge in [0.25, 0.3) is 0 Å². The van der Waals surface area contributed by atoms with Gasteiger partial charge in [0.05, 0.1) is 13.2 Å². The van der Waals surface area contributed by atoms with Gasteiger partial charge in [-0.1, -0.05) is 23.2 Å². The summed E-state index contributed by atoms with van der Waals surface area (Å²) in [6.07, 6.45) is 0. The number of hydrogen-bond donors (Lipinski definition) is 1. The predicted octanol–water partition coefficient (Wildman–Crippen LogP) is 1.09. The van der Waals surface area contributed by atoms with E-state index in [-0.39, 0.29) is 6.61 Å². The highest BCUT2D eigenvalue weighted by atomic mass is 35.5. The molecule has 0 aromatic heterocycles. The van der Waals surface area contributed by atoms with Crippen LogP contribution in [0.1, 0.15) is 0 Å². The van der Waals surface area contributed by atoms with Crippen LogP contribution >= 0.6 is 23.2 Å². The van der Waals surface area contributed by atoms with Crippen LogP contribution in [0.25, 0.3) is 0 Å². The Morgan fingerprint density at radius 3 is 3.00 bits per heavy atom. The Morgan fingerprint density at radius 1 is 1.71 bits per heavy atom. The van der Waals surface area contributed by atoms with Crippen LogP contribution < -0.4 is 0 Å². The first-order valence-electron chi connectivity index (χ1n) is 4.14. The van der Waals surface area contributed by atoms with Gasteiger partial charge in [-0.05, 0) is 0 Å². The zero-order valence-electron chi connectivity index (χ0n) is 7.45. The Bertz CT molecular complexity index is 245. The molecule has 0 saturated carbocycles. The zero-order valence-corrected chi connectivity index (χ0v) is 8.96. The van der Waals surface area contributed by atoms with E-state index in [0.717, 1.165) is 0 Å². The molecule has 1 saturated heterocycles. The van der Waals surface area contributed by atoms with Crippen molar-refractivity contribution in [2.45, 2.75) is 6.04 Å². The third kappa shape index (κ3) is 3.13. The van der Waals surface area contributed by atoms with E-state index < -0.39 is 12.0 Å². The van der Waals surface area contributed by atoms with E-state index in [1.165, 1.54) is 5.54 Å². The SMILES string of the molecule is O=C(O)C1COCCN1CC(Cl)=CCl. The highest BCUT2D eigenvalue weighted by Crippen LogP contribution is 2.12. The van der Waals surface area contributed by atoms with Gasteiger partial charge in [0.2, 0.25) is 0 Å². The molecule has 0 amide bonds. The lowest BCUT2D eigenvalue weighted by Gasteiger charge is -2.32. The second-order valence-corrected chi connectivity index (χ2v) is 3.66. The average Bonchev–Trinajstić information content (AvgIpc) is 2.18. The molecule has 0 radical (unpaired) electrons. The van der Waals surface area contributed by atoms with Gasteiger partial charge in [0, 0.05) is 23.7 Å². The molecule has 0 bridgehead atoms. The molecule has 1 atom stereocenters. The minimum absolute atomic E-state index is 0.196. The largest absolute Gasteiger partial charge is 0.480 e. The maximum atomic E-state index is 10.8. The topological polar surface area (TPSA) is 49.8 Å². The number of hydrogen-bond acceptors (Lipinski definition) is 3. The normalized spacial score (nSPS) is 25.0. The number of morpholine rings is 1. The van der Waals surface area contributed by atoms with Crippen molar-refractivity contribution in [1.29, 1.82) is 0 Å². The van der Waals surface area contributed by atoms with E-state index in [1.54, 1.807) is 4.90 Å².